The largest absolute Gasteiger partial charge is 0.444 e. The zero-order valence-electron chi connectivity index (χ0n) is 14.6. The number of alkyl carbamates (subject to hydrolysis) is 1. The van der Waals surface area contributed by atoms with E-state index >= 15 is 0 Å². The molecule has 1 unspecified atom stereocenters. The predicted molar refractivity (Wildman–Crippen MR) is 89.0 cm³/mol. The molecular weight excluding hydrogens is 278 g/mol. The van der Waals surface area contributed by atoms with Gasteiger partial charge in [-0.2, -0.15) is 0 Å². The van der Waals surface area contributed by atoms with Gasteiger partial charge in [0.2, 0.25) is 0 Å². The van der Waals surface area contributed by atoms with E-state index in [9.17, 15) is 9.90 Å². The summed E-state index contributed by atoms with van der Waals surface area (Å²) in [6, 6.07) is 6.30. The van der Waals surface area contributed by atoms with Crippen LogP contribution in [0.1, 0.15) is 44.4 Å². The average Bonchev–Trinajstić information content (AvgIpc) is 2.39. The fraction of sp³-hybridized carbons (Fsp3) is 0.611. The average molecular weight is 307 g/mol. The van der Waals surface area contributed by atoms with Crippen molar-refractivity contribution in [1.82, 2.24) is 5.32 Å². The van der Waals surface area contributed by atoms with Crippen LogP contribution in [0.25, 0.3) is 0 Å². The number of ether oxygens (including phenoxy) is 1. The first-order chi connectivity index (χ1) is 10.0. The molecule has 0 fully saturated rings. The van der Waals surface area contributed by atoms with Gasteiger partial charge in [0.15, 0.2) is 0 Å². The Labute approximate surface area is 133 Å². The Balaban J connectivity index is 2.72. The summed E-state index contributed by atoms with van der Waals surface area (Å²) in [5, 5.41) is 12.5. The molecule has 1 rings (SSSR count). The number of amides is 1. The normalized spacial score (nSPS) is 14.3. The summed E-state index contributed by atoms with van der Waals surface area (Å²) in [5.41, 5.74) is 2.65. The van der Waals surface area contributed by atoms with Gasteiger partial charge in [-0.25, -0.2) is 4.79 Å². The summed E-state index contributed by atoms with van der Waals surface area (Å²) < 4.78 is 5.24. The molecule has 0 saturated heterocycles. The number of rotatable bonds is 5. The van der Waals surface area contributed by atoms with Gasteiger partial charge in [-0.05, 0) is 52.2 Å². The standard InChI is InChI=1S/C18H29NO3/c1-13-7-8-14(2)15(9-13)10-18(6,12-20)11-19-16(21)22-17(3,4)5/h7-9,20H,10-12H2,1-6H3,(H,19,21). The van der Waals surface area contributed by atoms with Gasteiger partial charge in [-0.3, -0.25) is 0 Å². The van der Waals surface area contributed by atoms with E-state index in [2.05, 4.69) is 37.4 Å². The summed E-state index contributed by atoms with van der Waals surface area (Å²) in [7, 11) is 0. The highest BCUT2D eigenvalue weighted by Crippen LogP contribution is 2.24. The fourth-order valence-electron chi connectivity index (χ4n) is 2.22. The molecule has 1 atom stereocenters. The van der Waals surface area contributed by atoms with Crippen LogP contribution in [0.5, 0.6) is 0 Å². The molecular formula is C18H29NO3. The van der Waals surface area contributed by atoms with Gasteiger partial charge >= 0.3 is 6.09 Å². The van der Waals surface area contributed by atoms with Crippen molar-refractivity contribution in [3.05, 3.63) is 34.9 Å². The SMILES string of the molecule is Cc1ccc(C)c(CC(C)(CO)CNC(=O)OC(C)(C)C)c1. The van der Waals surface area contributed by atoms with Crippen LogP contribution in [-0.4, -0.2) is 30.0 Å². The minimum Gasteiger partial charge on any atom is -0.444 e. The highest BCUT2D eigenvalue weighted by atomic mass is 16.6. The monoisotopic (exact) mass is 307 g/mol. The van der Waals surface area contributed by atoms with Gasteiger partial charge in [0.1, 0.15) is 5.60 Å². The Bertz CT molecular complexity index is 520. The highest BCUT2D eigenvalue weighted by molar-refractivity contribution is 5.67. The molecule has 1 amide bonds. The minimum absolute atomic E-state index is 0.00379. The maximum Gasteiger partial charge on any atom is 0.407 e. The third-order valence-electron chi connectivity index (χ3n) is 3.56. The quantitative estimate of drug-likeness (QED) is 0.877. The molecule has 0 spiro atoms. The number of aryl methyl sites for hydroxylation is 2. The van der Waals surface area contributed by atoms with Gasteiger partial charge in [-0.1, -0.05) is 30.7 Å². The molecule has 0 radical (unpaired) electrons. The number of aliphatic hydroxyl groups is 1. The van der Waals surface area contributed by atoms with Crippen LogP contribution >= 0.6 is 0 Å². The number of carbonyl (C=O) groups excluding carboxylic acids is 1. The van der Waals surface area contributed by atoms with Crippen LogP contribution in [0.4, 0.5) is 4.79 Å². The lowest BCUT2D eigenvalue weighted by Crippen LogP contribution is -2.41. The van der Waals surface area contributed by atoms with Crippen molar-refractivity contribution in [2.24, 2.45) is 5.41 Å². The zero-order valence-corrected chi connectivity index (χ0v) is 14.6. The number of hydrogen-bond donors (Lipinski definition) is 2. The third-order valence-corrected chi connectivity index (χ3v) is 3.56. The van der Waals surface area contributed by atoms with Gasteiger partial charge < -0.3 is 15.2 Å². The molecule has 0 bridgehead atoms. The number of benzene rings is 1. The van der Waals surface area contributed by atoms with Crippen molar-refractivity contribution in [2.45, 2.75) is 53.6 Å². The predicted octanol–water partition coefficient (Wildman–Crippen LogP) is 3.37. The van der Waals surface area contributed by atoms with Gasteiger partial charge in [0.05, 0.1) is 6.61 Å². The van der Waals surface area contributed by atoms with E-state index in [1.165, 1.54) is 16.7 Å². The Hall–Kier alpha value is -1.55. The Morgan fingerprint density at radius 3 is 2.41 bits per heavy atom. The van der Waals surface area contributed by atoms with Gasteiger partial charge in [0, 0.05) is 12.0 Å². The van der Waals surface area contributed by atoms with Crippen molar-refractivity contribution < 1.29 is 14.6 Å². The van der Waals surface area contributed by atoms with Crippen LogP contribution in [0.15, 0.2) is 18.2 Å². The molecule has 0 aliphatic rings. The maximum atomic E-state index is 11.8. The van der Waals surface area contributed by atoms with E-state index in [0.717, 1.165) is 0 Å². The second-order valence-electron chi connectivity index (χ2n) is 7.43. The van der Waals surface area contributed by atoms with Gasteiger partial charge in [0.25, 0.3) is 0 Å². The molecule has 1 aromatic carbocycles. The molecule has 0 saturated carbocycles. The van der Waals surface area contributed by atoms with Crippen LogP contribution in [0.3, 0.4) is 0 Å². The summed E-state index contributed by atoms with van der Waals surface area (Å²) in [6.07, 6.45) is 0.250. The second kappa shape index (κ2) is 7.14. The molecule has 124 valence electrons. The van der Waals surface area contributed by atoms with Crippen molar-refractivity contribution in [1.29, 1.82) is 0 Å². The van der Waals surface area contributed by atoms with Gasteiger partial charge in [-0.15, -0.1) is 0 Å². The zero-order chi connectivity index (χ0) is 17.0. The first-order valence-corrected chi connectivity index (χ1v) is 7.68. The third kappa shape index (κ3) is 6.06. The van der Waals surface area contributed by atoms with Crippen molar-refractivity contribution >= 4 is 6.09 Å². The number of aliphatic hydroxyl groups excluding tert-OH is 1. The van der Waals surface area contributed by atoms with Crippen LogP contribution in [0, 0.1) is 19.3 Å². The van der Waals surface area contributed by atoms with E-state index < -0.39 is 17.1 Å². The Morgan fingerprint density at radius 1 is 1.23 bits per heavy atom. The molecule has 1 aromatic rings. The molecule has 0 aliphatic heterocycles. The van der Waals surface area contributed by atoms with E-state index in [0.29, 0.717) is 13.0 Å². The van der Waals surface area contributed by atoms with E-state index in [1.54, 1.807) is 0 Å². The molecule has 22 heavy (non-hydrogen) atoms. The second-order valence-corrected chi connectivity index (χ2v) is 7.43. The summed E-state index contributed by atoms with van der Waals surface area (Å²) in [4.78, 5) is 11.8. The van der Waals surface area contributed by atoms with Crippen molar-refractivity contribution in [2.75, 3.05) is 13.2 Å². The minimum atomic E-state index is -0.521. The van der Waals surface area contributed by atoms with Crippen molar-refractivity contribution in [3.8, 4) is 0 Å². The van der Waals surface area contributed by atoms with E-state index in [-0.39, 0.29) is 6.61 Å². The first-order valence-electron chi connectivity index (χ1n) is 7.68. The van der Waals surface area contributed by atoms with Crippen molar-refractivity contribution in [3.63, 3.8) is 0 Å². The lowest BCUT2D eigenvalue weighted by molar-refractivity contribution is 0.0478. The number of hydrogen-bond acceptors (Lipinski definition) is 3. The number of carbonyl (C=O) groups is 1. The smallest absolute Gasteiger partial charge is 0.407 e. The maximum absolute atomic E-state index is 11.8. The Morgan fingerprint density at radius 2 is 1.86 bits per heavy atom. The molecule has 4 nitrogen and oxygen atoms in total. The molecule has 0 aliphatic carbocycles. The Kier molecular flexibility index (Phi) is 6.00. The summed E-state index contributed by atoms with van der Waals surface area (Å²) >= 11 is 0. The van der Waals surface area contributed by atoms with Crippen LogP contribution in [-0.2, 0) is 11.2 Å². The molecule has 4 heteroatoms. The van der Waals surface area contributed by atoms with Crippen LogP contribution in [0.2, 0.25) is 0 Å². The fourth-order valence-corrected chi connectivity index (χ4v) is 2.22. The molecule has 0 heterocycles. The lowest BCUT2D eigenvalue weighted by atomic mass is 9.82. The highest BCUT2D eigenvalue weighted by Gasteiger charge is 2.26. The topological polar surface area (TPSA) is 58.6 Å². The number of nitrogens with one attached hydrogen (secondary N) is 1. The van der Waals surface area contributed by atoms with E-state index in [1.807, 2.05) is 27.7 Å². The summed E-state index contributed by atoms with van der Waals surface area (Å²) in [6.45, 7) is 11.9. The van der Waals surface area contributed by atoms with Crippen LogP contribution < -0.4 is 5.32 Å². The first kappa shape index (κ1) is 18.5. The molecule has 0 aromatic heterocycles. The summed E-state index contributed by atoms with van der Waals surface area (Å²) in [5.74, 6) is 0. The molecule has 2 N–H and O–H groups in total. The lowest BCUT2D eigenvalue weighted by Gasteiger charge is -2.29. The van der Waals surface area contributed by atoms with E-state index in [4.69, 9.17) is 4.74 Å².